The van der Waals surface area contributed by atoms with Crippen molar-refractivity contribution in [3.63, 3.8) is 0 Å². The summed E-state index contributed by atoms with van der Waals surface area (Å²) in [6, 6.07) is 1.12. The fourth-order valence-corrected chi connectivity index (χ4v) is 1.96. The van der Waals surface area contributed by atoms with Gasteiger partial charge in [0.15, 0.2) is 0 Å². The molecule has 0 amide bonds. The van der Waals surface area contributed by atoms with E-state index in [-0.39, 0.29) is 5.75 Å². The molecule has 76 valence electrons. The number of nitrogens with zero attached hydrogens (tertiary/aromatic N) is 1. The zero-order chi connectivity index (χ0) is 10.3. The Morgan fingerprint density at radius 2 is 2.23 bits per heavy atom. The number of nitriles is 1. The predicted octanol–water partition coefficient (Wildman–Crippen LogP) is -0.146. The van der Waals surface area contributed by atoms with E-state index < -0.39 is 16.1 Å². The summed E-state index contributed by atoms with van der Waals surface area (Å²) in [5.41, 5.74) is 0. The molecule has 0 aliphatic heterocycles. The van der Waals surface area contributed by atoms with E-state index in [0.29, 0.717) is 13.0 Å². The van der Waals surface area contributed by atoms with Crippen molar-refractivity contribution in [1.82, 2.24) is 4.72 Å². The molecule has 0 spiro atoms. The third kappa shape index (κ3) is 6.51. The predicted molar refractivity (Wildman–Crippen MR) is 48.5 cm³/mol. The summed E-state index contributed by atoms with van der Waals surface area (Å²) in [5, 5.41) is 8.37. The van der Waals surface area contributed by atoms with Gasteiger partial charge in [-0.1, -0.05) is 0 Å². The standard InChI is InChI=1S/C7H14N2O3S/c1-7(6-8)9-13(10,11)5-3-4-12-2/h7,9H,3-5H2,1-2H3. The summed E-state index contributed by atoms with van der Waals surface area (Å²) in [4.78, 5) is 0. The summed E-state index contributed by atoms with van der Waals surface area (Å²) >= 11 is 0. The van der Waals surface area contributed by atoms with Crippen LogP contribution in [0.2, 0.25) is 0 Å². The normalized spacial score (nSPS) is 13.6. The Morgan fingerprint density at radius 3 is 2.69 bits per heavy atom. The van der Waals surface area contributed by atoms with Crippen LogP contribution in [0, 0.1) is 11.3 Å². The first-order valence-corrected chi connectivity index (χ1v) is 5.55. The Kier molecular flexibility index (Phi) is 5.62. The molecule has 0 bridgehead atoms. The summed E-state index contributed by atoms with van der Waals surface area (Å²) in [6.07, 6.45) is 0.435. The van der Waals surface area contributed by atoms with Crippen molar-refractivity contribution in [2.45, 2.75) is 19.4 Å². The molecule has 0 aliphatic carbocycles. The van der Waals surface area contributed by atoms with E-state index >= 15 is 0 Å². The van der Waals surface area contributed by atoms with Crippen LogP contribution >= 0.6 is 0 Å². The highest BCUT2D eigenvalue weighted by molar-refractivity contribution is 7.89. The first-order chi connectivity index (χ1) is 6.02. The minimum absolute atomic E-state index is 0.00708. The van der Waals surface area contributed by atoms with Gasteiger partial charge in [0.25, 0.3) is 0 Å². The highest BCUT2D eigenvalue weighted by atomic mass is 32.2. The molecule has 0 aliphatic rings. The fourth-order valence-electron chi connectivity index (χ4n) is 0.748. The quantitative estimate of drug-likeness (QED) is 0.613. The van der Waals surface area contributed by atoms with Gasteiger partial charge in [-0.3, -0.25) is 0 Å². The van der Waals surface area contributed by atoms with E-state index in [4.69, 9.17) is 10.00 Å². The number of rotatable bonds is 6. The first kappa shape index (κ1) is 12.4. The SMILES string of the molecule is COCCCS(=O)(=O)NC(C)C#N. The molecule has 5 nitrogen and oxygen atoms in total. The fraction of sp³-hybridized carbons (Fsp3) is 0.857. The van der Waals surface area contributed by atoms with Gasteiger partial charge in [0.2, 0.25) is 10.0 Å². The highest BCUT2D eigenvalue weighted by Gasteiger charge is 2.12. The van der Waals surface area contributed by atoms with Crippen LogP contribution in [0.3, 0.4) is 0 Å². The van der Waals surface area contributed by atoms with Gasteiger partial charge in [0.1, 0.15) is 6.04 Å². The number of hydrogen-bond acceptors (Lipinski definition) is 4. The zero-order valence-corrected chi connectivity index (χ0v) is 8.60. The minimum Gasteiger partial charge on any atom is -0.385 e. The van der Waals surface area contributed by atoms with Crippen molar-refractivity contribution in [1.29, 1.82) is 5.26 Å². The van der Waals surface area contributed by atoms with Crippen LogP contribution in [0.5, 0.6) is 0 Å². The molecule has 0 rings (SSSR count). The second-order valence-electron chi connectivity index (χ2n) is 2.63. The van der Waals surface area contributed by atoms with Gasteiger partial charge in [0.05, 0.1) is 11.8 Å². The Morgan fingerprint density at radius 1 is 1.62 bits per heavy atom. The average Bonchev–Trinajstić information content (AvgIpc) is 2.03. The first-order valence-electron chi connectivity index (χ1n) is 3.90. The molecule has 0 saturated carbocycles. The molecular formula is C7H14N2O3S. The molecule has 0 aromatic heterocycles. The lowest BCUT2D eigenvalue weighted by Crippen LogP contribution is -2.33. The van der Waals surface area contributed by atoms with Crippen LogP contribution in [0.15, 0.2) is 0 Å². The van der Waals surface area contributed by atoms with E-state index in [9.17, 15) is 8.42 Å². The van der Waals surface area contributed by atoms with E-state index in [1.165, 1.54) is 14.0 Å². The molecule has 0 heterocycles. The smallest absolute Gasteiger partial charge is 0.212 e. The number of nitrogens with one attached hydrogen (secondary N) is 1. The Balaban J connectivity index is 3.89. The maximum atomic E-state index is 11.2. The van der Waals surface area contributed by atoms with E-state index in [1.54, 1.807) is 6.07 Å². The Hall–Kier alpha value is -0.640. The van der Waals surface area contributed by atoms with Gasteiger partial charge in [-0.2, -0.15) is 9.98 Å². The summed E-state index contributed by atoms with van der Waals surface area (Å²) in [5.74, 6) is -0.00708. The van der Waals surface area contributed by atoms with E-state index in [2.05, 4.69) is 4.72 Å². The highest BCUT2D eigenvalue weighted by Crippen LogP contribution is 1.92. The molecule has 1 atom stereocenters. The van der Waals surface area contributed by atoms with Crippen molar-refractivity contribution < 1.29 is 13.2 Å². The van der Waals surface area contributed by atoms with Crippen molar-refractivity contribution in [2.24, 2.45) is 0 Å². The lowest BCUT2D eigenvalue weighted by molar-refractivity contribution is 0.199. The molecule has 0 saturated heterocycles. The average molecular weight is 206 g/mol. The largest absolute Gasteiger partial charge is 0.385 e. The van der Waals surface area contributed by atoms with E-state index in [0.717, 1.165) is 0 Å². The zero-order valence-electron chi connectivity index (χ0n) is 7.78. The van der Waals surface area contributed by atoms with Gasteiger partial charge in [-0.25, -0.2) is 8.42 Å². The van der Waals surface area contributed by atoms with Gasteiger partial charge >= 0.3 is 0 Å². The third-order valence-corrected chi connectivity index (χ3v) is 2.85. The molecule has 0 fully saturated rings. The maximum Gasteiger partial charge on any atom is 0.212 e. The van der Waals surface area contributed by atoms with Crippen molar-refractivity contribution in [2.75, 3.05) is 19.5 Å². The molecule has 0 radical (unpaired) electrons. The number of methoxy groups -OCH3 is 1. The minimum atomic E-state index is -3.32. The number of ether oxygens (including phenoxy) is 1. The molecule has 1 unspecified atom stereocenters. The maximum absolute atomic E-state index is 11.2. The lowest BCUT2D eigenvalue weighted by atomic mass is 10.4. The second-order valence-corrected chi connectivity index (χ2v) is 4.51. The van der Waals surface area contributed by atoms with Crippen molar-refractivity contribution >= 4 is 10.0 Å². The summed E-state index contributed by atoms with van der Waals surface area (Å²) in [7, 11) is -1.81. The van der Waals surface area contributed by atoms with Gasteiger partial charge in [-0.05, 0) is 13.3 Å². The van der Waals surface area contributed by atoms with E-state index in [1.807, 2.05) is 0 Å². The Labute approximate surface area is 78.7 Å². The molecule has 13 heavy (non-hydrogen) atoms. The third-order valence-electron chi connectivity index (χ3n) is 1.31. The van der Waals surface area contributed by atoms with Crippen molar-refractivity contribution in [3.8, 4) is 6.07 Å². The second kappa shape index (κ2) is 5.91. The molecule has 0 aromatic rings. The van der Waals surface area contributed by atoms with Crippen LogP contribution < -0.4 is 4.72 Å². The van der Waals surface area contributed by atoms with Gasteiger partial charge in [0, 0.05) is 13.7 Å². The monoisotopic (exact) mass is 206 g/mol. The molecule has 0 aromatic carbocycles. The number of hydrogen-bond donors (Lipinski definition) is 1. The van der Waals surface area contributed by atoms with Crippen molar-refractivity contribution in [3.05, 3.63) is 0 Å². The van der Waals surface area contributed by atoms with Crippen LogP contribution in [0.4, 0.5) is 0 Å². The number of sulfonamides is 1. The van der Waals surface area contributed by atoms with Crippen LogP contribution in [-0.2, 0) is 14.8 Å². The van der Waals surface area contributed by atoms with Crippen LogP contribution in [0.1, 0.15) is 13.3 Å². The topological polar surface area (TPSA) is 79.2 Å². The lowest BCUT2D eigenvalue weighted by Gasteiger charge is -2.06. The summed E-state index contributed by atoms with van der Waals surface area (Å²) < 4.78 is 29.2. The van der Waals surface area contributed by atoms with Crippen LogP contribution in [-0.4, -0.2) is 33.9 Å². The summed E-state index contributed by atoms with van der Waals surface area (Å²) in [6.45, 7) is 1.90. The van der Waals surface area contributed by atoms with Gasteiger partial charge in [-0.15, -0.1) is 0 Å². The van der Waals surface area contributed by atoms with Crippen LogP contribution in [0.25, 0.3) is 0 Å². The molecule has 6 heteroatoms. The Bertz CT molecular complexity index is 268. The molecular weight excluding hydrogens is 192 g/mol. The molecule has 1 N–H and O–H groups in total. The van der Waals surface area contributed by atoms with Gasteiger partial charge < -0.3 is 4.74 Å².